The molecule has 6 heteroatoms. The lowest BCUT2D eigenvalue weighted by Gasteiger charge is -2.38. The van der Waals surface area contributed by atoms with Gasteiger partial charge in [0, 0.05) is 10.6 Å². The molecule has 2 aliphatic heterocycles. The van der Waals surface area contributed by atoms with Gasteiger partial charge in [0.1, 0.15) is 25.4 Å². The summed E-state index contributed by atoms with van der Waals surface area (Å²) in [7, 11) is 2.26. The van der Waals surface area contributed by atoms with Crippen molar-refractivity contribution in [3.05, 3.63) is 28.3 Å². The number of rotatable bonds is 2. The quantitative estimate of drug-likeness (QED) is 0.471. The van der Waals surface area contributed by atoms with Crippen LogP contribution >= 0.6 is 11.6 Å². The maximum Gasteiger partial charge on any atom is 0.189 e. The van der Waals surface area contributed by atoms with E-state index in [1.54, 1.807) is 0 Å². The Kier molecular flexibility index (Phi) is 5.53. The zero-order chi connectivity index (χ0) is 13.3. The van der Waals surface area contributed by atoms with E-state index in [-0.39, 0.29) is 24.0 Å². The van der Waals surface area contributed by atoms with E-state index in [0.29, 0.717) is 13.4 Å². The second kappa shape index (κ2) is 6.79. The molecule has 1 aromatic rings. The Morgan fingerprint density at radius 1 is 1.20 bits per heavy atom. The third kappa shape index (κ3) is 3.57. The fourth-order valence-electron chi connectivity index (χ4n) is 2.73. The third-order valence-electron chi connectivity index (χ3n) is 3.85. The number of likely N-dealkylation sites (N-methyl/N-ethyl adjacent to an activating group) is 1. The summed E-state index contributed by atoms with van der Waals surface area (Å²) in [6, 6.07) is 3.95. The van der Waals surface area contributed by atoms with Crippen LogP contribution in [0.5, 0.6) is 5.75 Å². The molecule has 20 heavy (non-hydrogen) atoms. The van der Waals surface area contributed by atoms with Gasteiger partial charge >= 0.3 is 0 Å². The van der Waals surface area contributed by atoms with Crippen LogP contribution in [0.1, 0.15) is 11.1 Å². The van der Waals surface area contributed by atoms with Crippen LogP contribution in [0.3, 0.4) is 0 Å². The van der Waals surface area contributed by atoms with Crippen molar-refractivity contribution in [1.82, 2.24) is 0 Å². The lowest BCUT2D eigenvalue weighted by Crippen LogP contribution is -3.00. The van der Waals surface area contributed by atoms with Gasteiger partial charge in [-0.2, -0.15) is 0 Å². The molecule has 2 aliphatic rings. The van der Waals surface area contributed by atoms with Crippen LogP contribution in [-0.2, 0) is 22.6 Å². The van der Waals surface area contributed by atoms with Gasteiger partial charge in [-0.1, -0.05) is 11.6 Å². The first kappa shape index (κ1) is 16.3. The number of ether oxygens (including phenoxy) is 3. The predicted octanol–water partition coefficient (Wildman–Crippen LogP) is -0.813. The van der Waals surface area contributed by atoms with E-state index < -0.39 is 0 Å². The molecule has 1 aromatic carbocycles. The average molecular weight is 412 g/mol. The molecule has 1 saturated heterocycles. The van der Waals surface area contributed by atoms with Gasteiger partial charge in [-0.15, -0.1) is 0 Å². The summed E-state index contributed by atoms with van der Waals surface area (Å²) >= 11 is 6.20. The smallest absolute Gasteiger partial charge is 0.189 e. The summed E-state index contributed by atoms with van der Waals surface area (Å²) in [5.41, 5.74) is 2.23. The van der Waals surface area contributed by atoms with E-state index >= 15 is 0 Å². The van der Waals surface area contributed by atoms with Crippen molar-refractivity contribution in [2.45, 2.75) is 13.2 Å². The van der Waals surface area contributed by atoms with Crippen LogP contribution in [0.15, 0.2) is 12.1 Å². The first-order valence-electron chi connectivity index (χ1n) is 6.59. The summed E-state index contributed by atoms with van der Waals surface area (Å²) < 4.78 is 17.4. The molecule has 0 unspecified atom stereocenters. The maximum atomic E-state index is 6.20. The van der Waals surface area contributed by atoms with E-state index in [1.165, 1.54) is 5.56 Å². The molecule has 1 fully saturated rings. The van der Waals surface area contributed by atoms with Crippen LogP contribution in [0.4, 0.5) is 0 Å². The van der Waals surface area contributed by atoms with Gasteiger partial charge in [-0.05, 0) is 12.1 Å². The van der Waals surface area contributed by atoms with Crippen LogP contribution in [-0.4, -0.2) is 44.6 Å². The van der Waals surface area contributed by atoms with Crippen molar-refractivity contribution >= 4 is 11.6 Å². The minimum atomic E-state index is 0. The lowest BCUT2D eigenvalue weighted by atomic mass is 10.1. The first-order valence-corrected chi connectivity index (χ1v) is 6.97. The van der Waals surface area contributed by atoms with Crippen LogP contribution in [0, 0.1) is 0 Å². The number of morpholine rings is 1. The number of quaternary nitrogens is 1. The Balaban J connectivity index is 0.00000147. The summed E-state index contributed by atoms with van der Waals surface area (Å²) in [5.74, 6) is 0.960. The lowest BCUT2D eigenvalue weighted by molar-refractivity contribution is -0.929. The van der Waals surface area contributed by atoms with E-state index in [0.717, 1.165) is 53.7 Å². The molecule has 2 heterocycles. The molecule has 0 radical (unpaired) electrons. The highest BCUT2D eigenvalue weighted by Crippen LogP contribution is 2.33. The summed E-state index contributed by atoms with van der Waals surface area (Å²) in [6.45, 7) is 5.53. The van der Waals surface area contributed by atoms with Gasteiger partial charge in [0.05, 0.1) is 32.4 Å². The minimum Gasteiger partial charge on any atom is -1.00 e. The predicted molar refractivity (Wildman–Crippen MR) is 72.2 cm³/mol. The van der Waals surface area contributed by atoms with Crippen LogP contribution in [0.25, 0.3) is 0 Å². The number of nitrogens with zero attached hydrogens (tertiary/aromatic N) is 1. The standard InChI is InChI=1S/C14H19ClNO3.HI/c1-16(2-4-17-5-3-16)8-11-6-13(15)7-12-9-18-10-19-14(11)12;/h6-7H,2-5,8-10H2,1H3;1H/q+1;/p-1. The Labute approximate surface area is 141 Å². The molecule has 0 aliphatic carbocycles. The van der Waals surface area contributed by atoms with Crippen molar-refractivity contribution in [3.8, 4) is 5.75 Å². The van der Waals surface area contributed by atoms with Crippen molar-refractivity contribution < 1.29 is 42.7 Å². The van der Waals surface area contributed by atoms with E-state index in [1.807, 2.05) is 12.1 Å². The minimum absolute atomic E-state index is 0. The SMILES string of the molecule is C[N+]1(Cc2cc(Cl)cc3c2OCOC3)CCOCC1.[I-]. The second-order valence-corrected chi connectivity index (χ2v) is 5.94. The van der Waals surface area contributed by atoms with Gasteiger partial charge in [0.2, 0.25) is 0 Å². The highest BCUT2D eigenvalue weighted by Gasteiger charge is 2.28. The summed E-state index contributed by atoms with van der Waals surface area (Å²) in [5, 5.41) is 0.753. The molecule has 0 N–H and O–H groups in total. The van der Waals surface area contributed by atoms with E-state index in [2.05, 4.69) is 7.05 Å². The van der Waals surface area contributed by atoms with Gasteiger partial charge in [0.15, 0.2) is 6.79 Å². The fourth-order valence-corrected chi connectivity index (χ4v) is 2.99. The summed E-state index contributed by atoms with van der Waals surface area (Å²) in [4.78, 5) is 0. The normalized spacial score (nSPS) is 20.5. The average Bonchev–Trinajstić information content (AvgIpc) is 2.39. The number of hydrogen-bond acceptors (Lipinski definition) is 3. The Hall–Kier alpha value is -0.0800. The van der Waals surface area contributed by atoms with Crippen LogP contribution < -0.4 is 28.7 Å². The second-order valence-electron chi connectivity index (χ2n) is 5.50. The number of hydrogen-bond donors (Lipinski definition) is 0. The fraction of sp³-hybridized carbons (Fsp3) is 0.571. The zero-order valence-corrected chi connectivity index (χ0v) is 14.4. The highest BCUT2D eigenvalue weighted by molar-refractivity contribution is 6.30. The number of fused-ring (bicyclic) bond motifs is 1. The molecule has 3 rings (SSSR count). The molecule has 0 amide bonds. The van der Waals surface area contributed by atoms with Crippen molar-refractivity contribution in [1.29, 1.82) is 0 Å². The molecule has 0 saturated carbocycles. The van der Waals surface area contributed by atoms with Gasteiger partial charge in [-0.25, -0.2) is 0 Å². The molecule has 112 valence electrons. The molecular formula is C14H19ClINO3. The van der Waals surface area contributed by atoms with Gasteiger partial charge in [0.25, 0.3) is 0 Å². The van der Waals surface area contributed by atoms with E-state index in [9.17, 15) is 0 Å². The van der Waals surface area contributed by atoms with Gasteiger partial charge in [-0.3, -0.25) is 0 Å². The number of benzene rings is 1. The Morgan fingerprint density at radius 2 is 1.95 bits per heavy atom. The topological polar surface area (TPSA) is 27.7 Å². The molecule has 0 atom stereocenters. The van der Waals surface area contributed by atoms with Crippen molar-refractivity contribution in [2.24, 2.45) is 0 Å². The first-order chi connectivity index (χ1) is 9.16. The molecule has 0 aromatic heterocycles. The van der Waals surface area contributed by atoms with Gasteiger partial charge < -0.3 is 42.7 Å². The van der Waals surface area contributed by atoms with Crippen molar-refractivity contribution in [2.75, 3.05) is 40.1 Å². The Morgan fingerprint density at radius 3 is 2.70 bits per heavy atom. The molecular weight excluding hydrogens is 393 g/mol. The number of halogens is 2. The molecule has 0 spiro atoms. The summed E-state index contributed by atoms with van der Waals surface area (Å²) in [6.07, 6.45) is 0. The molecule has 0 bridgehead atoms. The maximum absolute atomic E-state index is 6.20. The monoisotopic (exact) mass is 411 g/mol. The largest absolute Gasteiger partial charge is 1.00 e. The Bertz CT molecular complexity index is 478. The van der Waals surface area contributed by atoms with E-state index in [4.69, 9.17) is 25.8 Å². The zero-order valence-electron chi connectivity index (χ0n) is 11.5. The van der Waals surface area contributed by atoms with Crippen molar-refractivity contribution in [3.63, 3.8) is 0 Å². The molecule has 4 nitrogen and oxygen atoms in total. The highest BCUT2D eigenvalue weighted by atomic mass is 127. The third-order valence-corrected chi connectivity index (χ3v) is 4.07. The van der Waals surface area contributed by atoms with Crippen LogP contribution in [0.2, 0.25) is 5.02 Å².